The topological polar surface area (TPSA) is 51.2 Å². The van der Waals surface area contributed by atoms with E-state index in [0.717, 1.165) is 12.1 Å². The van der Waals surface area contributed by atoms with Gasteiger partial charge in [0.25, 0.3) is 0 Å². The highest BCUT2D eigenvalue weighted by Crippen LogP contribution is 2.33. The Morgan fingerprint density at radius 2 is 2.00 bits per heavy atom. The molecule has 1 heterocycles. The van der Waals surface area contributed by atoms with Crippen LogP contribution < -0.4 is 0 Å². The number of hydrogen-bond donors (Lipinski definition) is 0. The van der Waals surface area contributed by atoms with Gasteiger partial charge in [-0.3, -0.25) is 4.79 Å². The summed E-state index contributed by atoms with van der Waals surface area (Å²) in [6.45, 7) is 1.17. The van der Waals surface area contributed by atoms with Gasteiger partial charge in [0.05, 0.1) is 4.90 Å². The van der Waals surface area contributed by atoms with Crippen LogP contribution in [-0.4, -0.2) is 14.2 Å². The predicted molar refractivity (Wildman–Crippen MR) is 52.2 cm³/mol. The fourth-order valence-corrected chi connectivity index (χ4v) is 3.08. The number of benzene rings is 1. The molecule has 0 N–H and O–H groups in total. The Labute approximate surface area is 86.1 Å². The van der Waals surface area contributed by atoms with Crippen LogP contribution >= 0.6 is 0 Å². The lowest BCUT2D eigenvalue weighted by Crippen LogP contribution is -2.07. The van der Waals surface area contributed by atoms with Crippen LogP contribution in [-0.2, 0) is 14.6 Å². The van der Waals surface area contributed by atoms with Crippen molar-refractivity contribution in [1.29, 1.82) is 0 Å². The molecule has 1 aromatic rings. The quantitative estimate of drug-likeness (QED) is 0.682. The molecule has 0 amide bonds. The predicted octanol–water partition coefficient (Wildman–Crippen LogP) is 1.54. The smallest absolute Gasteiger partial charge is 0.210 e. The molecule has 0 saturated heterocycles. The van der Waals surface area contributed by atoms with Crippen molar-refractivity contribution in [2.45, 2.75) is 11.8 Å². The van der Waals surface area contributed by atoms with Crippen LogP contribution in [0, 0.1) is 5.82 Å². The number of hydrogen-bond acceptors (Lipinski definition) is 3. The molecular formula is C10H7FO3S. The molecule has 0 aliphatic carbocycles. The van der Waals surface area contributed by atoms with Crippen LogP contribution in [0.2, 0.25) is 0 Å². The summed E-state index contributed by atoms with van der Waals surface area (Å²) in [6, 6.07) is 3.34. The largest absolute Gasteiger partial charge is 0.294 e. The first-order chi connectivity index (χ1) is 6.93. The molecule has 2 rings (SSSR count). The molecule has 0 radical (unpaired) electrons. The maximum atomic E-state index is 12.8. The molecular weight excluding hydrogens is 219 g/mol. The maximum absolute atomic E-state index is 12.8. The number of carbonyl (C=O) groups excluding carboxylic acids is 1. The molecule has 0 bridgehead atoms. The van der Waals surface area contributed by atoms with Crippen LogP contribution in [0.1, 0.15) is 12.5 Å². The van der Waals surface area contributed by atoms with Gasteiger partial charge in [-0.05, 0) is 36.8 Å². The molecule has 0 atom stereocenters. The number of Topliss-reactive ketones (excluding diaryl/α,β-unsaturated/α-hetero) is 1. The molecule has 0 aromatic heterocycles. The molecule has 1 aromatic carbocycles. The summed E-state index contributed by atoms with van der Waals surface area (Å²) in [5, 5.41) is 0. The number of halogens is 1. The summed E-state index contributed by atoms with van der Waals surface area (Å²) in [6.07, 6.45) is 1.20. The van der Waals surface area contributed by atoms with E-state index < -0.39 is 21.4 Å². The van der Waals surface area contributed by atoms with Gasteiger partial charge in [0.15, 0.2) is 5.78 Å². The van der Waals surface area contributed by atoms with E-state index in [-0.39, 0.29) is 15.4 Å². The summed E-state index contributed by atoms with van der Waals surface area (Å²) in [5.41, 5.74) is 0.236. The van der Waals surface area contributed by atoms with Gasteiger partial charge in [0.1, 0.15) is 10.7 Å². The lowest BCUT2D eigenvalue weighted by atomic mass is 10.2. The summed E-state index contributed by atoms with van der Waals surface area (Å²) >= 11 is 0. The molecule has 0 fully saturated rings. The molecule has 0 saturated carbocycles. The highest BCUT2D eigenvalue weighted by Gasteiger charge is 2.32. The zero-order valence-corrected chi connectivity index (χ0v) is 8.64. The van der Waals surface area contributed by atoms with Crippen molar-refractivity contribution < 1.29 is 17.6 Å². The van der Waals surface area contributed by atoms with Crippen molar-refractivity contribution in [3.8, 4) is 0 Å². The normalized spacial score (nSPS) is 17.1. The molecule has 0 unspecified atom stereocenters. The molecule has 78 valence electrons. The van der Waals surface area contributed by atoms with E-state index in [9.17, 15) is 17.6 Å². The third kappa shape index (κ3) is 1.39. The highest BCUT2D eigenvalue weighted by atomic mass is 32.2. The lowest BCUT2D eigenvalue weighted by molar-refractivity contribution is -0.112. The molecule has 15 heavy (non-hydrogen) atoms. The SMILES string of the molecule is CC(=O)C1=Cc2cc(F)ccc2S1(=O)=O. The lowest BCUT2D eigenvalue weighted by Gasteiger charge is -1.99. The Morgan fingerprint density at radius 1 is 1.33 bits per heavy atom. The van der Waals surface area contributed by atoms with Crippen molar-refractivity contribution in [1.82, 2.24) is 0 Å². The van der Waals surface area contributed by atoms with E-state index in [1.165, 1.54) is 19.1 Å². The van der Waals surface area contributed by atoms with Gasteiger partial charge in [-0.25, -0.2) is 12.8 Å². The van der Waals surface area contributed by atoms with Crippen molar-refractivity contribution in [3.63, 3.8) is 0 Å². The first kappa shape index (κ1) is 10.0. The second kappa shape index (κ2) is 3.00. The summed E-state index contributed by atoms with van der Waals surface area (Å²) in [5.74, 6) is -1.06. The van der Waals surface area contributed by atoms with Crippen LogP contribution in [0.5, 0.6) is 0 Å². The summed E-state index contributed by atoms with van der Waals surface area (Å²) < 4.78 is 36.3. The molecule has 3 nitrogen and oxygen atoms in total. The van der Waals surface area contributed by atoms with Crippen LogP contribution in [0.25, 0.3) is 6.08 Å². The Bertz CT molecular complexity index is 585. The van der Waals surface area contributed by atoms with E-state index in [1.54, 1.807) is 0 Å². The molecule has 1 aliphatic heterocycles. The Kier molecular flexibility index (Phi) is 2.01. The van der Waals surface area contributed by atoms with E-state index in [2.05, 4.69) is 0 Å². The number of ketones is 1. The average molecular weight is 226 g/mol. The van der Waals surface area contributed by atoms with Crippen molar-refractivity contribution in [3.05, 3.63) is 34.5 Å². The number of sulfone groups is 1. The standard InChI is InChI=1S/C10H7FO3S/c1-6(12)10-5-7-4-8(11)2-3-9(7)15(10,13)14/h2-5H,1H3. The van der Waals surface area contributed by atoms with Crippen LogP contribution in [0.15, 0.2) is 28.0 Å². The van der Waals surface area contributed by atoms with Gasteiger partial charge < -0.3 is 0 Å². The van der Waals surface area contributed by atoms with E-state index in [1.807, 2.05) is 0 Å². The third-order valence-corrected chi connectivity index (χ3v) is 4.12. The maximum Gasteiger partial charge on any atom is 0.210 e. The molecule has 1 aliphatic rings. The minimum atomic E-state index is -3.72. The van der Waals surface area contributed by atoms with Crippen molar-refractivity contribution >= 4 is 21.7 Å². The molecule has 0 spiro atoms. The van der Waals surface area contributed by atoms with Gasteiger partial charge in [-0.15, -0.1) is 0 Å². The number of carbonyl (C=O) groups is 1. The Hall–Kier alpha value is -1.49. The van der Waals surface area contributed by atoms with Crippen LogP contribution in [0.3, 0.4) is 0 Å². The summed E-state index contributed by atoms with van der Waals surface area (Å²) in [7, 11) is -3.72. The minimum absolute atomic E-state index is 0.00546. The second-order valence-electron chi connectivity index (χ2n) is 3.25. The van der Waals surface area contributed by atoms with Gasteiger partial charge in [0, 0.05) is 0 Å². The first-order valence-corrected chi connectivity index (χ1v) is 5.68. The van der Waals surface area contributed by atoms with E-state index >= 15 is 0 Å². The Morgan fingerprint density at radius 3 is 2.60 bits per heavy atom. The van der Waals surface area contributed by atoms with Crippen molar-refractivity contribution in [2.75, 3.05) is 0 Å². The minimum Gasteiger partial charge on any atom is -0.294 e. The Balaban J connectivity index is 2.74. The highest BCUT2D eigenvalue weighted by molar-refractivity contribution is 7.96. The zero-order valence-electron chi connectivity index (χ0n) is 7.82. The van der Waals surface area contributed by atoms with E-state index in [4.69, 9.17) is 0 Å². The fraction of sp³-hybridized carbons (Fsp3) is 0.100. The number of fused-ring (bicyclic) bond motifs is 1. The van der Waals surface area contributed by atoms with Gasteiger partial charge in [0.2, 0.25) is 9.84 Å². The third-order valence-electron chi connectivity index (χ3n) is 2.18. The summed E-state index contributed by atoms with van der Waals surface area (Å²) in [4.78, 5) is 10.8. The second-order valence-corrected chi connectivity index (χ2v) is 5.14. The monoisotopic (exact) mass is 226 g/mol. The van der Waals surface area contributed by atoms with Gasteiger partial charge >= 0.3 is 0 Å². The molecule has 5 heteroatoms. The first-order valence-electron chi connectivity index (χ1n) is 4.20. The number of rotatable bonds is 1. The number of allylic oxidation sites excluding steroid dienone is 1. The van der Waals surface area contributed by atoms with Gasteiger partial charge in [-0.2, -0.15) is 0 Å². The van der Waals surface area contributed by atoms with Crippen molar-refractivity contribution in [2.24, 2.45) is 0 Å². The van der Waals surface area contributed by atoms with Gasteiger partial charge in [-0.1, -0.05) is 0 Å². The zero-order chi connectivity index (χ0) is 11.2. The van der Waals surface area contributed by atoms with Crippen LogP contribution in [0.4, 0.5) is 4.39 Å². The average Bonchev–Trinajstić information content (AvgIpc) is 2.37. The van der Waals surface area contributed by atoms with E-state index in [0.29, 0.717) is 0 Å². The fourth-order valence-electron chi connectivity index (χ4n) is 1.50.